The molecule has 3 heterocycles. The lowest BCUT2D eigenvalue weighted by atomic mass is 10.0. The third-order valence-electron chi connectivity index (χ3n) is 4.88. The minimum absolute atomic E-state index is 0.0510. The predicted octanol–water partition coefficient (Wildman–Crippen LogP) is 3.70. The van der Waals surface area contributed by atoms with Crippen molar-refractivity contribution in [3.63, 3.8) is 0 Å². The Bertz CT molecular complexity index is 654. The molecule has 2 atom stereocenters. The van der Waals surface area contributed by atoms with Crippen LogP contribution in [0.2, 0.25) is 0 Å². The molecular weight excluding hydrogens is 290 g/mol. The molecule has 4 rings (SSSR count). The van der Waals surface area contributed by atoms with Gasteiger partial charge in [0.15, 0.2) is 0 Å². The smallest absolute Gasteiger partial charge is 0.293 e. The summed E-state index contributed by atoms with van der Waals surface area (Å²) >= 11 is 0. The number of rotatable bonds is 3. The van der Waals surface area contributed by atoms with E-state index in [0.29, 0.717) is 24.0 Å². The molecule has 1 saturated heterocycles. The molecule has 2 unspecified atom stereocenters. The van der Waals surface area contributed by atoms with Crippen LogP contribution in [0, 0.1) is 0 Å². The molecule has 4 aliphatic rings. The predicted molar refractivity (Wildman–Crippen MR) is 86.8 cm³/mol. The molecule has 3 aliphatic heterocycles. The van der Waals surface area contributed by atoms with Crippen molar-refractivity contribution in [1.29, 1.82) is 0 Å². The second kappa shape index (κ2) is 6.11. The molecule has 120 valence electrons. The number of carbonyl (C=O) groups is 1. The molecule has 0 aromatic heterocycles. The minimum Gasteiger partial charge on any atom is -0.465 e. The molecule has 4 nitrogen and oxygen atoms in total. The first-order valence-electron chi connectivity index (χ1n) is 8.38. The van der Waals surface area contributed by atoms with E-state index in [1.807, 2.05) is 4.90 Å². The summed E-state index contributed by atoms with van der Waals surface area (Å²) < 4.78 is 11.2. The number of nitrogens with zero attached hydrogens (tertiary/aromatic N) is 1. The zero-order valence-electron chi connectivity index (χ0n) is 13.1. The summed E-state index contributed by atoms with van der Waals surface area (Å²) in [5.41, 5.74) is 1.30. The van der Waals surface area contributed by atoms with E-state index in [4.69, 9.17) is 9.47 Å². The van der Waals surface area contributed by atoms with Crippen LogP contribution in [0.1, 0.15) is 38.5 Å². The summed E-state index contributed by atoms with van der Waals surface area (Å²) in [5.74, 6) is 0.962. The average molecular weight is 311 g/mol. The van der Waals surface area contributed by atoms with Gasteiger partial charge in [0.2, 0.25) is 5.76 Å². The summed E-state index contributed by atoms with van der Waals surface area (Å²) in [6.45, 7) is 0. The zero-order valence-corrected chi connectivity index (χ0v) is 13.1. The Labute approximate surface area is 136 Å². The van der Waals surface area contributed by atoms with Gasteiger partial charge in [-0.15, -0.1) is 0 Å². The van der Waals surface area contributed by atoms with Crippen molar-refractivity contribution < 1.29 is 14.3 Å². The van der Waals surface area contributed by atoms with Crippen molar-refractivity contribution in [2.75, 3.05) is 0 Å². The molecule has 23 heavy (non-hydrogen) atoms. The summed E-state index contributed by atoms with van der Waals surface area (Å²) in [6.07, 6.45) is 19.5. The molecule has 0 saturated carbocycles. The maximum absolute atomic E-state index is 12.8. The van der Waals surface area contributed by atoms with Gasteiger partial charge < -0.3 is 14.4 Å². The highest BCUT2D eigenvalue weighted by Crippen LogP contribution is 2.34. The number of amides is 1. The monoisotopic (exact) mass is 311 g/mol. The van der Waals surface area contributed by atoms with Gasteiger partial charge in [-0.2, -0.15) is 0 Å². The third kappa shape index (κ3) is 2.85. The molecule has 2 bridgehead atoms. The highest BCUT2D eigenvalue weighted by molar-refractivity contribution is 5.92. The van der Waals surface area contributed by atoms with Crippen molar-refractivity contribution in [2.45, 2.75) is 50.6 Å². The lowest BCUT2D eigenvalue weighted by Gasteiger charge is -2.32. The summed E-state index contributed by atoms with van der Waals surface area (Å²) in [5, 5.41) is 0. The fourth-order valence-electron chi connectivity index (χ4n) is 3.73. The zero-order chi connectivity index (χ0) is 15.6. The molecule has 4 heteroatoms. The highest BCUT2D eigenvalue weighted by atomic mass is 16.5. The van der Waals surface area contributed by atoms with Crippen molar-refractivity contribution in [3.8, 4) is 0 Å². The van der Waals surface area contributed by atoms with Crippen LogP contribution < -0.4 is 0 Å². The summed E-state index contributed by atoms with van der Waals surface area (Å²) in [4.78, 5) is 14.8. The molecule has 0 aromatic rings. The number of allylic oxidation sites excluding steroid dienone is 4. The Morgan fingerprint density at radius 3 is 3.04 bits per heavy atom. The SMILES string of the molecule is O=C(C1=COC=C(CC2=CC=CCC2)O1)N1C2C=CCC1CC2. The standard InChI is InChI=1S/C19H21NO3/c21-19(20-15-7-4-8-16(20)10-9-15)18-13-22-12-17(23-18)11-14-5-2-1-3-6-14/h1-2,4-5,7,12-13,15-16H,3,6,8-11H2. The normalized spacial score (nSPS) is 28.5. The first-order chi connectivity index (χ1) is 11.3. The van der Waals surface area contributed by atoms with Crippen LogP contribution in [0.15, 0.2) is 60.0 Å². The van der Waals surface area contributed by atoms with Crippen molar-refractivity contribution >= 4 is 5.91 Å². The summed E-state index contributed by atoms with van der Waals surface area (Å²) in [6, 6.07) is 0.522. The van der Waals surface area contributed by atoms with Crippen molar-refractivity contribution in [1.82, 2.24) is 4.90 Å². The van der Waals surface area contributed by atoms with E-state index >= 15 is 0 Å². The van der Waals surface area contributed by atoms with E-state index in [0.717, 1.165) is 32.1 Å². The van der Waals surface area contributed by atoms with E-state index in [9.17, 15) is 4.79 Å². The van der Waals surface area contributed by atoms with Gasteiger partial charge in [0.1, 0.15) is 18.3 Å². The molecule has 0 spiro atoms. The molecule has 0 aromatic carbocycles. The van der Waals surface area contributed by atoms with Gasteiger partial charge in [0, 0.05) is 12.5 Å². The van der Waals surface area contributed by atoms with Crippen LogP contribution in [-0.4, -0.2) is 22.9 Å². The Balaban J connectivity index is 1.43. The topological polar surface area (TPSA) is 38.8 Å². The van der Waals surface area contributed by atoms with E-state index in [1.165, 1.54) is 11.8 Å². The van der Waals surface area contributed by atoms with Crippen LogP contribution >= 0.6 is 0 Å². The van der Waals surface area contributed by atoms with E-state index in [1.54, 1.807) is 6.26 Å². The van der Waals surface area contributed by atoms with Crippen molar-refractivity contribution in [3.05, 3.63) is 60.0 Å². The van der Waals surface area contributed by atoms with Crippen LogP contribution in [0.4, 0.5) is 0 Å². The number of fused-ring (bicyclic) bond motifs is 2. The Hall–Kier alpha value is -2.23. The van der Waals surface area contributed by atoms with E-state index in [2.05, 4.69) is 30.4 Å². The lowest BCUT2D eigenvalue weighted by Crippen LogP contribution is -2.43. The van der Waals surface area contributed by atoms with Gasteiger partial charge in [-0.25, -0.2) is 0 Å². The van der Waals surface area contributed by atoms with Gasteiger partial charge in [-0.1, -0.05) is 36.0 Å². The fraction of sp³-hybridized carbons (Fsp3) is 0.421. The van der Waals surface area contributed by atoms with Crippen molar-refractivity contribution in [2.24, 2.45) is 0 Å². The maximum Gasteiger partial charge on any atom is 0.293 e. The number of ether oxygens (including phenoxy) is 2. The van der Waals surface area contributed by atoms with Crippen LogP contribution in [0.5, 0.6) is 0 Å². The quantitative estimate of drug-likeness (QED) is 0.746. The highest BCUT2D eigenvalue weighted by Gasteiger charge is 2.39. The van der Waals surface area contributed by atoms with Crippen LogP contribution in [0.25, 0.3) is 0 Å². The van der Waals surface area contributed by atoms with Gasteiger partial charge in [0.25, 0.3) is 5.91 Å². The molecule has 0 N–H and O–H groups in total. The Morgan fingerprint density at radius 2 is 2.22 bits per heavy atom. The third-order valence-corrected chi connectivity index (χ3v) is 4.88. The largest absolute Gasteiger partial charge is 0.465 e. The first-order valence-corrected chi connectivity index (χ1v) is 8.38. The van der Waals surface area contributed by atoms with E-state index < -0.39 is 0 Å². The Morgan fingerprint density at radius 1 is 1.26 bits per heavy atom. The van der Waals surface area contributed by atoms with Gasteiger partial charge in [0.05, 0.1) is 6.04 Å². The molecule has 1 aliphatic carbocycles. The average Bonchev–Trinajstić information content (AvgIpc) is 2.84. The van der Waals surface area contributed by atoms with Gasteiger partial charge in [-0.3, -0.25) is 4.79 Å². The first kappa shape index (κ1) is 14.4. The number of hydrogen-bond acceptors (Lipinski definition) is 3. The second-order valence-corrected chi connectivity index (χ2v) is 6.45. The molecule has 1 amide bonds. The molecule has 1 fully saturated rings. The van der Waals surface area contributed by atoms with Crippen LogP contribution in [-0.2, 0) is 14.3 Å². The lowest BCUT2D eigenvalue weighted by molar-refractivity contribution is -0.133. The second-order valence-electron chi connectivity index (χ2n) is 6.45. The summed E-state index contributed by atoms with van der Waals surface area (Å²) in [7, 11) is 0. The van der Waals surface area contributed by atoms with E-state index in [-0.39, 0.29) is 11.9 Å². The van der Waals surface area contributed by atoms with Crippen LogP contribution in [0.3, 0.4) is 0 Å². The van der Waals surface area contributed by atoms with Gasteiger partial charge >= 0.3 is 0 Å². The Kier molecular flexibility index (Phi) is 3.82. The molecule has 0 radical (unpaired) electrons. The molecular formula is C19H21NO3. The van der Waals surface area contributed by atoms with Gasteiger partial charge in [-0.05, 0) is 32.1 Å². The maximum atomic E-state index is 12.8. The number of hydrogen-bond donors (Lipinski definition) is 0. The minimum atomic E-state index is -0.0510. The fourth-order valence-corrected chi connectivity index (χ4v) is 3.73. The number of carbonyl (C=O) groups excluding carboxylic acids is 1.